The van der Waals surface area contributed by atoms with Crippen LogP contribution in [0.1, 0.15) is 27.4 Å². The van der Waals surface area contributed by atoms with E-state index < -0.39 is 10.8 Å². The van der Waals surface area contributed by atoms with Gasteiger partial charge in [0.15, 0.2) is 11.5 Å². The minimum atomic E-state index is -0.464. The summed E-state index contributed by atoms with van der Waals surface area (Å²) in [5.41, 5.74) is 1.73. The molecule has 1 N–H and O–H groups in total. The first-order chi connectivity index (χ1) is 16.1. The number of benzene rings is 1. The molecule has 0 fully saturated rings. The molecular weight excluding hydrogens is 551 g/mol. The third-order valence-corrected chi connectivity index (χ3v) is 6.27. The fourth-order valence-corrected chi connectivity index (χ4v) is 4.08. The van der Waals surface area contributed by atoms with Crippen LogP contribution in [0.25, 0.3) is 0 Å². The van der Waals surface area contributed by atoms with Crippen LogP contribution in [0.15, 0.2) is 41.1 Å². The van der Waals surface area contributed by atoms with Gasteiger partial charge in [-0.2, -0.15) is 15.3 Å². The number of carbonyl (C=O) groups is 1. The van der Waals surface area contributed by atoms with Crippen molar-refractivity contribution in [1.82, 2.24) is 29.3 Å². The molecule has 0 aliphatic rings. The molecule has 4 rings (SSSR count). The molecule has 14 heteroatoms. The van der Waals surface area contributed by atoms with E-state index in [9.17, 15) is 14.9 Å². The van der Waals surface area contributed by atoms with Crippen molar-refractivity contribution in [2.45, 2.75) is 27.1 Å². The van der Waals surface area contributed by atoms with Crippen LogP contribution in [0.4, 0.5) is 11.5 Å². The van der Waals surface area contributed by atoms with Gasteiger partial charge in [0.25, 0.3) is 5.91 Å². The van der Waals surface area contributed by atoms with Gasteiger partial charge in [0, 0.05) is 12.4 Å². The van der Waals surface area contributed by atoms with Crippen molar-refractivity contribution in [2.24, 2.45) is 0 Å². The summed E-state index contributed by atoms with van der Waals surface area (Å²) >= 11 is 15.4. The van der Waals surface area contributed by atoms with Crippen LogP contribution in [-0.2, 0) is 13.2 Å². The highest BCUT2D eigenvalue weighted by Gasteiger charge is 2.22. The fourth-order valence-electron chi connectivity index (χ4n) is 3.35. The fraction of sp³-hybridized carbons (Fsp3) is 0.200. The Morgan fingerprint density at radius 2 is 1.91 bits per heavy atom. The number of hydrogen-bond donors (Lipinski definition) is 1. The average molecular weight is 568 g/mol. The number of aryl methyl sites for hydroxylation is 1. The minimum absolute atomic E-state index is 0.0357. The van der Waals surface area contributed by atoms with Crippen molar-refractivity contribution in [2.75, 3.05) is 5.32 Å². The third kappa shape index (κ3) is 4.98. The van der Waals surface area contributed by atoms with E-state index >= 15 is 0 Å². The molecule has 176 valence electrons. The van der Waals surface area contributed by atoms with Crippen LogP contribution in [0, 0.1) is 24.0 Å². The zero-order valence-corrected chi connectivity index (χ0v) is 21.0. The highest BCUT2D eigenvalue weighted by Crippen LogP contribution is 2.25. The molecule has 1 aromatic carbocycles. The van der Waals surface area contributed by atoms with E-state index in [4.69, 9.17) is 23.2 Å². The molecule has 0 bridgehead atoms. The van der Waals surface area contributed by atoms with E-state index in [1.165, 1.54) is 15.4 Å². The van der Waals surface area contributed by atoms with Crippen molar-refractivity contribution in [3.63, 3.8) is 0 Å². The summed E-state index contributed by atoms with van der Waals surface area (Å²) in [5, 5.41) is 27.6. The Bertz CT molecular complexity index is 1410. The maximum absolute atomic E-state index is 12.7. The van der Waals surface area contributed by atoms with Crippen LogP contribution in [0.2, 0.25) is 10.0 Å². The monoisotopic (exact) mass is 566 g/mol. The molecule has 34 heavy (non-hydrogen) atoms. The zero-order chi connectivity index (χ0) is 24.6. The Kier molecular flexibility index (Phi) is 6.73. The molecule has 0 atom stereocenters. The van der Waals surface area contributed by atoms with Crippen LogP contribution < -0.4 is 5.32 Å². The molecule has 0 aliphatic heterocycles. The quantitative estimate of drug-likeness (QED) is 0.255. The van der Waals surface area contributed by atoms with E-state index in [0.717, 1.165) is 5.56 Å². The topological polar surface area (TPSA) is 126 Å². The number of amides is 1. The Morgan fingerprint density at radius 3 is 2.59 bits per heavy atom. The molecule has 3 heterocycles. The summed E-state index contributed by atoms with van der Waals surface area (Å²) in [6.45, 7) is 3.73. The number of nitrogens with one attached hydrogen (secondary N) is 1. The lowest BCUT2D eigenvalue weighted by molar-refractivity contribution is -0.386. The predicted molar refractivity (Wildman–Crippen MR) is 129 cm³/mol. The molecular formula is C20H17BrCl2N8O3. The number of carbonyl (C=O) groups excluding carboxylic acids is 1. The number of nitrogens with zero attached hydrogens (tertiary/aromatic N) is 7. The molecule has 11 nitrogen and oxygen atoms in total. The lowest BCUT2D eigenvalue weighted by Gasteiger charge is -2.04. The molecule has 3 aromatic heterocycles. The number of nitro groups is 1. The van der Waals surface area contributed by atoms with E-state index in [1.54, 1.807) is 43.1 Å². The standard InChI is InChI=1S/C20H17BrCl2N8O3/c1-11-18(31(33)34)12(2)30(25-11)10-28-6-5-17(26-28)20(32)24-19-14(21)9-29(27-19)8-13-3-4-15(22)16(23)7-13/h3-7,9H,8,10H2,1-2H3,(H,24,27,32). The second kappa shape index (κ2) is 9.57. The molecule has 0 spiro atoms. The van der Waals surface area contributed by atoms with Gasteiger partial charge >= 0.3 is 5.69 Å². The van der Waals surface area contributed by atoms with Crippen LogP contribution >= 0.6 is 39.1 Å². The van der Waals surface area contributed by atoms with Crippen molar-refractivity contribution in [3.05, 3.63) is 83.9 Å². The Hall–Kier alpha value is -3.22. The number of hydrogen-bond acceptors (Lipinski definition) is 6. The molecule has 4 aromatic rings. The van der Waals surface area contributed by atoms with Gasteiger partial charge in [0.05, 0.1) is 26.0 Å². The van der Waals surface area contributed by atoms with E-state index in [2.05, 4.69) is 36.5 Å². The van der Waals surface area contributed by atoms with Gasteiger partial charge in [-0.1, -0.05) is 29.3 Å². The zero-order valence-electron chi connectivity index (χ0n) is 17.9. The first-order valence-corrected chi connectivity index (χ1v) is 11.4. The second-order valence-corrected chi connectivity index (χ2v) is 9.05. The van der Waals surface area contributed by atoms with Crippen molar-refractivity contribution in [3.8, 4) is 0 Å². The second-order valence-electron chi connectivity index (χ2n) is 7.38. The number of rotatable bonds is 7. The normalized spacial score (nSPS) is 11.1. The van der Waals surface area contributed by atoms with Gasteiger partial charge in [-0.05, 0) is 53.5 Å². The first-order valence-electron chi connectivity index (χ1n) is 9.82. The van der Waals surface area contributed by atoms with E-state index in [0.29, 0.717) is 38.3 Å². The summed E-state index contributed by atoms with van der Waals surface area (Å²) in [4.78, 5) is 23.4. The molecule has 1 amide bonds. The van der Waals surface area contributed by atoms with Gasteiger partial charge < -0.3 is 5.32 Å². The van der Waals surface area contributed by atoms with Crippen LogP contribution in [0.5, 0.6) is 0 Å². The van der Waals surface area contributed by atoms with E-state index in [1.807, 2.05) is 6.07 Å². The molecule has 0 radical (unpaired) electrons. The summed E-state index contributed by atoms with van der Waals surface area (Å²) in [6, 6.07) is 6.84. The summed E-state index contributed by atoms with van der Waals surface area (Å²) in [7, 11) is 0. The SMILES string of the molecule is Cc1nn(Cn2ccc(C(=O)Nc3nn(Cc4ccc(Cl)c(Cl)c4)cc3Br)n2)c(C)c1[N+](=O)[O-]. The smallest absolute Gasteiger partial charge is 0.303 e. The van der Waals surface area contributed by atoms with Crippen LogP contribution in [-0.4, -0.2) is 40.2 Å². The van der Waals surface area contributed by atoms with Crippen molar-refractivity contribution >= 4 is 56.5 Å². The molecule has 0 aliphatic carbocycles. The lowest BCUT2D eigenvalue weighted by atomic mass is 10.2. The van der Waals surface area contributed by atoms with E-state index in [-0.39, 0.29) is 18.1 Å². The maximum atomic E-state index is 12.7. The number of anilines is 1. The van der Waals surface area contributed by atoms with Gasteiger partial charge in [-0.3, -0.25) is 24.3 Å². The Labute approximate surface area is 211 Å². The van der Waals surface area contributed by atoms with Gasteiger partial charge in [0.1, 0.15) is 18.1 Å². The largest absolute Gasteiger partial charge is 0.312 e. The number of halogens is 3. The molecule has 0 unspecified atom stereocenters. The predicted octanol–water partition coefficient (Wildman–Crippen LogP) is 4.68. The number of aromatic nitrogens is 6. The Morgan fingerprint density at radius 1 is 1.15 bits per heavy atom. The maximum Gasteiger partial charge on any atom is 0.312 e. The summed E-state index contributed by atoms with van der Waals surface area (Å²) < 4.78 is 5.17. The lowest BCUT2D eigenvalue weighted by Crippen LogP contribution is -2.16. The first kappa shape index (κ1) is 23.9. The van der Waals surface area contributed by atoms with Gasteiger partial charge in [-0.25, -0.2) is 4.68 Å². The summed E-state index contributed by atoms with van der Waals surface area (Å²) in [6.07, 6.45) is 3.32. The van der Waals surface area contributed by atoms with Gasteiger partial charge in [-0.15, -0.1) is 0 Å². The highest BCUT2D eigenvalue weighted by atomic mass is 79.9. The van der Waals surface area contributed by atoms with Crippen molar-refractivity contribution in [1.29, 1.82) is 0 Å². The molecule has 0 saturated carbocycles. The third-order valence-electron chi connectivity index (χ3n) is 4.96. The minimum Gasteiger partial charge on any atom is -0.303 e. The van der Waals surface area contributed by atoms with Gasteiger partial charge in [0.2, 0.25) is 0 Å². The average Bonchev–Trinajstić information content (AvgIpc) is 3.43. The summed E-state index contributed by atoms with van der Waals surface area (Å²) in [5.74, 6) is -0.132. The molecule has 0 saturated heterocycles. The van der Waals surface area contributed by atoms with Crippen LogP contribution in [0.3, 0.4) is 0 Å². The van der Waals surface area contributed by atoms with Crippen molar-refractivity contribution < 1.29 is 9.72 Å². The highest BCUT2D eigenvalue weighted by molar-refractivity contribution is 9.10. The Balaban J connectivity index is 1.44.